The Balaban J connectivity index is 1.56. The zero-order valence-corrected chi connectivity index (χ0v) is 18.0. The number of aromatic nitrogens is 2. The number of anilines is 1. The Hall–Kier alpha value is -2.38. The Bertz CT molecular complexity index is 1050. The van der Waals surface area contributed by atoms with Gasteiger partial charge in [-0.1, -0.05) is 35.3 Å². The molecule has 1 amide bonds. The molecule has 6 nitrogen and oxygen atoms in total. The minimum absolute atomic E-state index is 0.102. The second-order valence-corrected chi connectivity index (χ2v) is 8.55. The molecule has 2 aromatic carbocycles. The molecule has 2 unspecified atom stereocenters. The van der Waals surface area contributed by atoms with E-state index in [0.717, 1.165) is 35.5 Å². The number of nitrogens with zero attached hydrogens (tertiary/aromatic N) is 2. The number of carbonyl (C=O) groups excluding carboxylic acids is 1. The number of nitrogens with two attached hydrogens (primary N) is 1. The van der Waals surface area contributed by atoms with Gasteiger partial charge < -0.3 is 20.9 Å². The third-order valence-electron chi connectivity index (χ3n) is 5.38. The molecule has 4 N–H and O–H groups in total. The number of imidazole rings is 1. The van der Waals surface area contributed by atoms with Gasteiger partial charge in [-0.2, -0.15) is 0 Å². The van der Waals surface area contributed by atoms with Gasteiger partial charge in [0.1, 0.15) is 0 Å². The van der Waals surface area contributed by atoms with Crippen LogP contribution in [0, 0.1) is 0 Å². The molecule has 1 aromatic heterocycles. The van der Waals surface area contributed by atoms with E-state index in [9.17, 15) is 4.79 Å². The van der Waals surface area contributed by atoms with Crippen LogP contribution in [0.25, 0.3) is 0 Å². The Kier molecular flexibility index (Phi) is 6.11. The number of H-pyrrole nitrogens is 1. The third kappa shape index (κ3) is 4.52. The molecule has 0 bridgehead atoms. The van der Waals surface area contributed by atoms with Crippen molar-refractivity contribution in [2.75, 3.05) is 18.9 Å². The van der Waals surface area contributed by atoms with Crippen molar-refractivity contribution in [3.05, 3.63) is 81.4 Å². The first kappa shape index (κ1) is 20.9. The van der Waals surface area contributed by atoms with Gasteiger partial charge in [0.25, 0.3) is 0 Å². The van der Waals surface area contributed by atoms with Crippen molar-refractivity contribution in [2.24, 2.45) is 5.73 Å². The molecule has 0 saturated carbocycles. The highest BCUT2D eigenvalue weighted by atomic mass is 35.5. The number of aromatic amines is 1. The van der Waals surface area contributed by atoms with E-state index in [-0.39, 0.29) is 11.8 Å². The van der Waals surface area contributed by atoms with Crippen molar-refractivity contribution < 1.29 is 4.79 Å². The molecular formula is C22H23Cl2N5O. The van der Waals surface area contributed by atoms with Crippen molar-refractivity contribution >= 4 is 34.8 Å². The van der Waals surface area contributed by atoms with Crippen LogP contribution in [0.4, 0.5) is 5.69 Å². The lowest BCUT2D eigenvalue weighted by molar-refractivity contribution is -0.117. The van der Waals surface area contributed by atoms with Gasteiger partial charge in [0.05, 0.1) is 12.4 Å². The molecule has 8 heteroatoms. The summed E-state index contributed by atoms with van der Waals surface area (Å²) < 4.78 is 0. The summed E-state index contributed by atoms with van der Waals surface area (Å²) in [5, 5.41) is 4.24. The van der Waals surface area contributed by atoms with E-state index >= 15 is 0 Å². The fraction of sp³-hybridized carbons (Fsp3) is 0.273. The van der Waals surface area contributed by atoms with Gasteiger partial charge in [0.2, 0.25) is 5.91 Å². The van der Waals surface area contributed by atoms with E-state index in [0.29, 0.717) is 22.2 Å². The fourth-order valence-corrected chi connectivity index (χ4v) is 4.49. The average molecular weight is 444 g/mol. The van der Waals surface area contributed by atoms with Gasteiger partial charge in [-0.3, -0.25) is 4.79 Å². The number of hydrogen-bond donors (Lipinski definition) is 3. The monoisotopic (exact) mass is 443 g/mol. The number of benzene rings is 2. The van der Waals surface area contributed by atoms with Gasteiger partial charge in [-0.15, -0.1) is 0 Å². The first-order valence-electron chi connectivity index (χ1n) is 9.70. The van der Waals surface area contributed by atoms with Crippen LogP contribution < -0.4 is 11.1 Å². The first-order valence-corrected chi connectivity index (χ1v) is 10.5. The Labute approximate surface area is 185 Å². The summed E-state index contributed by atoms with van der Waals surface area (Å²) in [5.74, 6) is -0.139. The maximum Gasteiger partial charge on any atom is 0.241 e. The standard InChI is InChI=1S/C22H23Cl2N5O/c1-29-10-18(17-6-14(23)7-20(24)19(17)11-29)13-3-2-4-15(5-13)28-22(30)21(25)8-16-9-26-12-27-16/h2-7,9,12,18,21H,8,10-11,25H2,1H3,(H,26,27)(H,28,30). The smallest absolute Gasteiger partial charge is 0.241 e. The number of likely N-dealkylation sites (N-methyl/N-ethyl adjacent to an activating group) is 1. The molecule has 0 spiro atoms. The van der Waals surface area contributed by atoms with Crippen molar-refractivity contribution in [1.82, 2.24) is 14.9 Å². The quantitative estimate of drug-likeness (QED) is 0.559. The van der Waals surface area contributed by atoms with E-state index in [2.05, 4.69) is 33.3 Å². The summed E-state index contributed by atoms with van der Waals surface area (Å²) in [7, 11) is 2.07. The number of fused-ring (bicyclic) bond motifs is 1. The van der Waals surface area contributed by atoms with Gasteiger partial charge >= 0.3 is 0 Å². The molecule has 0 fully saturated rings. The number of nitrogens with one attached hydrogen (secondary N) is 2. The van der Waals surface area contributed by atoms with Crippen molar-refractivity contribution in [1.29, 1.82) is 0 Å². The highest BCUT2D eigenvalue weighted by Crippen LogP contribution is 2.38. The molecule has 3 aromatic rings. The Morgan fingerprint density at radius 2 is 2.20 bits per heavy atom. The lowest BCUT2D eigenvalue weighted by Gasteiger charge is -2.33. The molecule has 30 heavy (non-hydrogen) atoms. The van der Waals surface area contributed by atoms with Crippen LogP contribution in [-0.4, -0.2) is 40.4 Å². The highest BCUT2D eigenvalue weighted by Gasteiger charge is 2.27. The molecule has 0 radical (unpaired) electrons. The number of rotatable bonds is 5. The fourth-order valence-electron chi connectivity index (χ4n) is 3.92. The number of hydrogen-bond acceptors (Lipinski definition) is 4. The van der Waals surface area contributed by atoms with Gasteiger partial charge in [-0.05, 0) is 48.0 Å². The van der Waals surface area contributed by atoms with Gasteiger partial charge in [0, 0.05) is 53.1 Å². The van der Waals surface area contributed by atoms with Crippen LogP contribution in [-0.2, 0) is 17.8 Å². The lowest BCUT2D eigenvalue weighted by atomic mass is 9.84. The first-order chi connectivity index (χ1) is 14.4. The Morgan fingerprint density at radius 1 is 1.37 bits per heavy atom. The summed E-state index contributed by atoms with van der Waals surface area (Å²) in [6.07, 6.45) is 3.63. The molecule has 2 atom stereocenters. The molecule has 4 rings (SSSR count). The zero-order chi connectivity index (χ0) is 21.3. The maximum atomic E-state index is 12.6. The lowest BCUT2D eigenvalue weighted by Crippen LogP contribution is -2.37. The zero-order valence-electron chi connectivity index (χ0n) is 16.5. The van der Waals surface area contributed by atoms with Crippen LogP contribution in [0.15, 0.2) is 48.9 Å². The van der Waals surface area contributed by atoms with Gasteiger partial charge in [-0.25, -0.2) is 4.98 Å². The summed E-state index contributed by atoms with van der Waals surface area (Å²) >= 11 is 12.8. The highest BCUT2D eigenvalue weighted by molar-refractivity contribution is 6.35. The van der Waals surface area contributed by atoms with Crippen LogP contribution in [0.3, 0.4) is 0 Å². The van der Waals surface area contributed by atoms with E-state index in [4.69, 9.17) is 28.9 Å². The van der Waals surface area contributed by atoms with E-state index in [1.807, 2.05) is 24.3 Å². The summed E-state index contributed by atoms with van der Waals surface area (Å²) in [5.41, 5.74) is 10.9. The molecule has 156 valence electrons. The third-order valence-corrected chi connectivity index (χ3v) is 5.94. The van der Waals surface area contributed by atoms with E-state index in [1.165, 1.54) is 0 Å². The number of halogens is 2. The van der Waals surface area contributed by atoms with Crippen molar-refractivity contribution in [3.8, 4) is 0 Å². The largest absolute Gasteiger partial charge is 0.348 e. The number of amides is 1. The second-order valence-electron chi connectivity index (χ2n) is 7.71. The van der Waals surface area contributed by atoms with E-state index in [1.54, 1.807) is 18.6 Å². The predicted molar refractivity (Wildman–Crippen MR) is 120 cm³/mol. The van der Waals surface area contributed by atoms with Crippen molar-refractivity contribution in [2.45, 2.75) is 24.9 Å². The maximum absolute atomic E-state index is 12.6. The SMILES string of the molecule is CN1Cc2c(Cl)cc(Cl)cc2C(c2cccc(NC(=O)C(N)Cc3cnc[nH]3)c2)C1. The van der Waals surface area contributed by atoms with E-state index < -0.39 is 6.04 Å². The topological polar surface area (TPSA) is 87.0 Å². The minimum Gasteiger partial charge on any atom is -0.348 e. The predicted octanol–water partition coefficient (Wildman–Crippen LogP) is 3.80. The molecule has 2 heterocycles. The normalized spacial score (nSPS) is 17.4. The van der Waals surface area contributed by atoms with Crippen LogP contribution in [0.1, 0.15) is 28.3 Å². The van der Waals surface area contributed by atoms with Gasteiger partial charge in [0.15, 0.2) is 0 Å². The molecule has 0 saturated heterocycles. The summed E-state index contributed by atoms with van der Waals surface area (Å²) in [6, 6.07) is 11.0. The summed E-state index contributed by atoms with van der Waals surface area (Å²) in [6.45, 7) is 1.61. The molecule has 1 aliphatic heterocycles. The van der Waals surface area contributed by atoms with Crippen LogP contribution in [0.5, 0.6) is 0 Å². The molecular weight excluding hydrogens is 421 g/mol. The minimum atomic E-state index is -0.673. The second kappa shape index (κ2) is 8.78. The summed E-state index contributed by atoms with van der Waals surface area (Å²) in [4.78, 5) is 21.7. The molecule has 0 aliphatic carbocycles. The average Bonchev–Trinajstić information content (AvgIpc) is 3.21. The van der Waals surface area contributed by atoms with Crippen LogP contribution >= 0.6 is 23.2 Å². The van der Waals surface area contributed by atoms with Crippen LogP contribution in [0.2, 0.25) is 10.0 Å². The number of carbonyl (C=O) groups is 1. The molecule has 1 aliphatic rings. The van der Waals surface area contributed by atoms with Crippen molar-refractivity contribution in [3.63, 3.8) is 0 Å². The Morgan fingerprint density at radius 3 is 2.97 bits per heavy atom.